The summed E-state index contributed by atoms with van der Waals surface area (Å²) in [5.41, 5.74) is 0.697. The van der Waals surface area contributed by atoms with Crippen LogP contribution in [0.5, 0.6) is 0 Å². The molecule has 0 radical (unpaired) electrons. The van der Waals surface area contributed by atoms with Crippen molar-refractivity contribution in [1.82, 2.24) is 4.90 Å². The molecule has 1 saturated heterocycles. The molecule has 2 heteroatoms. The van der Waals surface area contributed by atoms with Gasteiger partial charge >= 0.3 is 0 Å². The number of ether oxygens (including phenoxy) is 1. The summed E-state index contributed by atoms with van der Waals surface area (Å²) in [6.07, 6.45) is 4.21. The van der Waals surface area contributed by atoms with Crippen LogP contribution in [0, 0.1) is 5.41 Å². The van der Waals surface area contributed by atoms with E-state index >= 15 is 0 Å². The largest absolute Gasteiger partial charge is 0.372 e. The van der Waals surface area contributed by atoms with E-state index in [-0.39, 0.29) is 5.60 Å². The van der Waals surface area contributed by atoms with Crippen molar-refractivity contribution < 1.29 is 4.74 Å². The van der Waals surface area contributed by atoms with Gasteiger partial charge in [-0.1, -0.05) is 6.92 Å². The third-order valence-electron chi connectivity index (χ3n) is 4.55. The summed E-state index contributed by atoms with van der Waals surface area (Å²) in [7, 11) is 0. The van der Waals surface area contributed by atoms with Crippen LogP contribution in [-0.4, -0.2) is 35.7 Å². The Kier molecular flexibility index (Phi) is 3.09. The van der Waals surface area contributed by atoms with Crippen molar-refractivity contribution in [3.8, 4) is 0 Å². The quantitative estimate of drug-likeness (QED) is 0.713. The second kappa shape index (κ2) is 3.99. The second-order valence-corrected chi connectivity index (χ2v) is 6.29. The van der Waals surface area contributed by atoms with Gasteiger partial charge in [-0.15, -0.1) is 0 Å². The van der Waals surface area contributed by atoms with Gasteiger partial charge in [0.25, 0.3) is 0 Å². The third kappa shape index (κ3) is 1.80. The Morgan fingerprint density at radius 2 is 1.69 bits per heavy atom. The van der Waals surface area contributed by atoms with Crippen molar-refractivity contribution in [3.63, 3.8) is 0 Å². The first kappa shape index (κ1) is 12.4. The Bertz CT molecular complexity index is 249. The Labute approximate surface area is 100 Å². The summed E-state index contributed by atoms with van der Waals surface area (Å²) < 4.78 is 6.25. The molecule has 0 N–H and O–H groups in total. The van der Waals surface area contributed by atoms with E-state index in [0.29, 0.717) is 17.6 Å². The maximum Gasteiger partial charge on any atom is 0.0768 e. The zero-order chi connectivity index (χ0) is 12.0. The summed E-state index contributed by atoms with van der Waals surface area (Å²) in [5.74, 6) is 0. The first-order chi connectivity index (χ1) is 7.45. The number of hydrogen-bond acceptors (Lipinski definition) is 2. The van der Waals surface area contributed by atoms with Crippen LogP contribution in [0.1, 0.15) is 53.9 Å². The normalized spacial score (nSPS) is 27.2. The van der Waals surface area contributed by atoms with Gasteiger partial charge in [-0.2, -0.15) is 0 Å². The van der Waals surface area contributed by atoms with E-state index < -0.39 is 0 Å². The summed E-state index contributed by atoms with van der Waals surface area (Å²) in [6, 6.07) is 0.689. The highest BCUT2D eigenvalue weighted by Crippen LogP contribution is 2.59. The SMILES string of the molecule is CCC1(C2(OC(C)C)CC2)CN(C(C)C)C1. The standard InChI is InChI=1S/C14H27NO/c1-6-13(9-15(10-13)11(2)3)14(7-8-14)16-12(4)5/h11-12H,6-10H2,1-5H3. The molecule has 0 aromatic heterocycles. The smallest absolute Gasteiger partial charge is 0.0768 e. The molecule has 0 atom stereocenters. The van der Waals surface area contributed by atoms with Crippen molar-refractivity contribution in [3.05, 3.63) is 0 Å². The highest BCUT2D eigenvalue weighted by atomic mass is 16.5. The Morgan fingerprint density at radius 3 is 2.00 bits per heavy atom. The zero-order valence-corrected chi connectivity index (χ0v) is 11.5. The Morgan fingerprint density at radius 1 is 1.12 bits per heavy atom. The number of nitrogens with zero attached hydrogens (tertiary/aromatic N) is 1. The van der Waals surface area contributed by atoms with Gasteiger partial charge in [0, 0.05) is 24.5 Å². The minimum atomic E-state index is 0.237. The van der Waals surface area contributed by atoms with Crippen molar-refractivity contribution >= 4 is 0 Å². The van der Waals surface area contributed by atoms with Gasteiger partial charge in [-0.05, 0) is 47.0 Å². The van der Waals surface area contributed by atoms with E-state index in [0.717, 1.165) is 0 Å². The molecule has 1 aliphatic carbocycles. The van der Waals surface area contributed by atoms with Crippen LogP contribution in [0.3, 0.4) is 0 Å². The first-order valence-corrected chi connectivity index (χ1v) is 6.86. The molecular weight excluding hydrogens is 198 g/mol. The van der Waals surface area contributed by atoms with Crippen molar-refractivity contribution in [2.24, 2.45) is 5.41 Å². The van der Waals surface area contributed by atoms with E-state index in [4.69, 9.17) is 4.74 Å². The third-order valence-corrected chi connectivity index (χ3v) is 4.55. The van der Waals surface area contributed by atoms with E-state index in [9.17, 15) is 0 Å². The van der Waals surface area contributed by atoms with Crippen LogP contribution in [0.15, 0.2) is 0 Å². The highest BCUT2D eigenvalue weighted by molar-refractivity contribution is 5.16. The van der Waals surface area contributed by atoms with Gasteiger partial charge < -0.3 is 4.74 Å². The van der Waals surface area contributed by atoms with Gasteiger partial charge in [0.2, 0.25) is 0 Å². The number of likely N-dealkylation sites (tertiary alicyclic amines) is 1. The maximum absolute atomic E-state index is 6.25. The molecule has 0 spiro atoms. The molecule has 2 aliphatic rings. The molecule has 0 aromatic rings. The molecule has 2 fully saturated rings. The lowest BCUT2D eigenvalue weighted by molar-refractivity contribution is -0.164. The lowest BCUT2D eigenvalue weighted by atomic mass is 9.70. The maximum atomic E-state index is 6.25. The minimum absolute atomic E-state index is 0.237. The molecule has 1 saturated carbocycles. The van der Waals surface area contributed by atoms with Gasteiger partial charge in [-0.25, -0.2) is 0 Å². The second-order valence-electron chi connectivity index (χ2n) is 6.29. The van der Waals surface area contributed by atoms with Gasteiger partial charge in [0.05, 0.1) is 11.7 Å². The summed E-state index contributed by atoms with van der Waals surface area (Å²) in [5, 5.41) is 0. The van der Waals surface area contributed by atoms with E-state index in [1.165, 1.54) is 32.4 Å². The Balaban J connectivity index is 2.02. The lowest BCUT2D eigenvalue weighted by Crippen LogP contribution is -2.65. The predicted molar refractivity (Wildman–Crippen MR) is 67.6 cm³/mol. The van der Waals surface area contributed by atoms with Crippen LogP contribution >= 0.6 is 0 Å². The van der Waals surface area contributed by atoms with E-state index in [1.54, 1.807) is 0 Å². The first-order valence-electron chi connectivity index (χ1n) is 6.86. The average molecular weight is 225 g/mol. The number of hydrogen-bond donors (Lipinski definition) is 0. The fourth-order valence-electron chi connectivity index (χ4n) is 3.27. The molecular formula is C14H27NO. The topological polar surface area (TPSA) is 12.5 Å². The van der Waals surface area contributed by atoms with Crippen LogP contribution < -0.4 is 0 Å². The molecule has 0 bridgehead atoms. The van der Waals surface area contributed by atoms with Crippen molar-refractivity contribution in [1.29, 1.82) is 0 Å². The van der Waals surface area contributed by atoms with Gasteiger partial charge in [0.15, 0.2) is 0 Å². The molecule has 94 valence electrons. The van der Waals surface area contributed by atoms with Crippen molar-refractivity contribution in [2.45, 2.75) is 71.6 Å². The van der Waals surface area contributed by atoms with Crippen LogP contribution in [-0.2, 0) is 4.74 Å². The molecule has 1 heterocycles. The van der Waals surface area contributed by atoms with Crippen LogP contribution in [0.4, 0.5) is 0 Å². The lowest BCUT2D eigenvalue weighted by Gasteiger charge is -2.56. The molecule has 1 aliphatic heterocycles. The van der Waals surface area contributed by atoms with Gasteiger partial charge in [-0.3, -0.25) is 4.90 Å². The van der Waals surface area contributed by atoms with Crippen molar-refractivity contribution in [2.75, 3.05) is 13.1 Å². The fraction of sp³-hybridized carbons (Fsp3) is 1.00. The summed E-state index contributed by atoms with van der Waals surface area (Å²) >= 11 is 0. The number of rotatable bonds is 5. The summed E-state index contributed by atoms with van der Waals surface area (Å²) in [6.45, 7) is 13.7. The Hall–Kier alpha value is -0.0800. The van der Waals surface area contributed by atoms with Gasteiger partial charge in [0.1, 0.15) is 0 Å². The van der Waals surface area contributed by atoms with Crippen LogP contribution in [0.2, 0.25) is 0 Å². The van der Waals surface area contributed by atoms with E-state index in [1.807, 2.05) is 0 Å². The predicted octanol–water partition coefficient (Wildman–Crippen LogP) is 3.06. The average Bonchev–Trinajstić information content (AvgIpc) is 2.82. The minimum Gasteiger partial charge on any atom is -0.372 e. The van der Waals surface area contributed by atoms with E-state index in [2.05, 4.69) is 39.5 Å². The summed E-state index contributed by atoms with van der Waals surface area (Å²) in [4.78, 5) is 2.58. The molecule has 2 nitrogen and oxygen atoms in total. The molecule has 0 aromatic carbocycles. The monoisotopic (exact) mass is 225 g/mol. The van der Waals surface area contributed by atoms with Crippen LogP contribution in [0.25, 0.3) is 0 Å². The molecule has 0 unspecified atom stereocenters. The molecule has 16 heavy (non-hydrogen) atoms. The molecule has 0 amide bonds. The molecule has 2 rings (SSSR count). The highest BCUT2D eigenvalue weighted by Gasteiger charge is 2.64. The zero-order valence-electron chi connectivity index (χ0n) is 11.5. The fourth-order valence-corrected chi connectivity index (χ4v) is 3.27.